The molecule has 0 aliphatic carbocycles. The summed E-state index contributed by atoms with van der Waals surface area (Å²) >= 11 is 0. The average Bonchev–Trinajstić information content (AvgIpc) is 2.38. The second-order valence-corrected chi connectivity index (χ2v) is 3.91. The molecule has 2 nitrogen and oxygen atoms in total. The molecular weight excluding hydrogens is 212 g/mol. The van der Waals surface area contributed by atoms with E-state index in [2.05, 4.69) is 29.0 Å². The largest absolute Gasteiger partial charge is 0.466 e. The number of rotatable bonds is 2. The van der Waals surface area contributed by atoms with E-state index in [9.17, 15) is 4.79 Å². The van der Waals surface area contributed by atoms with Gasteiger partial charge < -0.3 is 4.74 Å². The Hall–Kier alpha value is -2.09. The zero-order valence-corrected chi connectivity index (χ0v) is 9.94. The molecule has 0 atom stereocenters. The van der Waals surface area contributed by atoms with Gasteiger partial charge in [0.05, 0.1) is 7.11 Å². The third-order valence-electron chi connectivity index (χ3n) is 2.74. The topological polar surface area (TPSA) is 26.3 Å². The van der Waals surface area contributed by atoms with Crippen molar-refractivity contribution in [2.24, 2.45) is 0 Å². The zero-order valence-electron chi connectivity index (χ0n) is 9.94. The number of ether oxygens (including phenoxy) is 1. The molecule has 0 radical (unpaired) electrons. The maximum absolute atomic E-state index is 11.2. The van der Waals surface area contributed by atoms with Gasteiger partial charge in [-0.3, -0.25) is 0 Å². The Morgan fingerprint density at radius 1 is 1.12 bits per heavy atom. The second kappa shape index (κ2) is 4.83. The highest BCUT2D eigenvalue weighted by Crippen LogP contribution is 2.20. The number of methoxy groups -OCH3 is 1. The van der Waals surface area contributed by atoms with Crippen LogP contribution in [0, 0.1) is 0 Å². The average molecular weight is 226 g/mol. The molecule has 2 aromatic rings. The molecule has 0 bridgehead atoms. The Labute approximate surface area is 101 Å². The molecule has 17 heavy (non-hydrogen) atoms. The third-order valence-corrected chi connectivity index (χ3v) is 2.74. The molecule has 0 aromatic heterocycles. The van der Waals surface area contributed by atoms with Crippen molar-refractivity contribution in [1.82, 2.24) is 0 Å². The van der Waals surface area contributed by atoms with Gasteiger partial charge in [-0.05, 0) is 34.9 Å². The normalized spacial score (nSPS) is 11.5. The van der Waals surface area contributed by atoms with Crippen LogP contribution in [-0.4, -0.2) is 13.1 Å². The van der Waals surface area contributed by atoms with Gasteiger partial charge in [0.25, 0.3) is 0 Å². The number of allylic oxidation sites excluding steroid dienone is 1. The van der Waals surface area contributed by atoms with Crippen LogP contribution in [0.3, 0.4) is 0 Å². The highest BCUT2D eigenvalue weighted by atomic mass is 16.5. The minimum atomic E-state index is -0.323. The van der Waals surface area contributed by atoms with Crippen molar-refractivity contribution < 1.29 is 9.53 Å². The van der Waals surface area contributed by atoms with E-state index < -0.39 is 0 Å². The van der Waals surface area contributed by atoms with Gasteiger partial charge in [0.15, 0.2) is 0 Å². The molecule has 0 heterocycles. The molecule has 0 amide bonds. The summed E-state index contributed by atoms with van der Waals surface area (Å²) in [5.74, 6) is -0.323. The van der Waals surface area contributed by atoms with E-state index in [1.807, 2.05) is 25.1 Å². The van der Waals surface area contributed by atoms with E-state index in [1.165, 1.54) is 24.0 Å². The molecule has 0 unspecified atom stereocenters. The quantitative estimate of drug-likeness (QED) is 0.579. The molecule has 2 rings (SSSR count). The van der Waals surface area contributed by atoms with Crippen LogP contribution in [0.1, 0.15) is 12.5 Å². The van der Waals surface area contributed by atoms with Gasteiger partial charge in [-0.25, -0.2) is 4.79 Å². The van der Waals surface area contributed by atoms with E-state index in [0.29, 0.717) is 0 Å². The lowest BCUT2D eigenvalue weighted by Crippen LogP contribution is -1.95. The Morgan fingerprint density at radius 2 is 1.82 bits per heavy atom. The highest BCUT2D eigenvalue weighted by Gasteiger charge is 2.01. The van der Waals surface area contributed by atoms with Gasteiger partial charge in [0.1, 0.15) is 0 Å². The summed E-state index contributed by atoms with van der Waals surface area (Å²) in [5, 5.41) is 2.37. The van der Waals surface area contributed by atoms with Crippen molar-refractivity contribution in [2.75, 3.05) is 7.11 Å². The summed E-state index contributed by atoms with van der Waals surface area (Å²) in [7, 11) is 1.38. The summed E-state index contributed by atoms with van der Waals surface area (Å²) in [6.45, 7) is 1.90. The van der Waals surface area contributed by atoms with Crippen LogP contribution in [0.5, 0.6) is 0 Å². The van der Waals surface area contributed by atoms with E-state index in [-0.39, 0.29) is 5.97 Å². The van der Waals surface area contributed by atoms with Gasteiger partial charge in [0.2, 0.25) is 0 Å². The Morgan fingerprint density at radius 3 is 2.53 bits per heavy atom. The predicted octanol–water partition coefficient (Wildman–Crippen LogP) is 3.42. The first-order valence-corrected chi connectivity index (χ1v) is 5.46. The number of carbonyl (C=O) groups excluding carboxylic acids is 1. The molecule has 0 saturated heterocycles. The highest BCUT2D eigenvalue weighted by molar-refractivity contribution is 5.93. The SMILES string of the molecule is COC(=O)C=C(C)c1ccc2ccccc2c1. The number of benzene rings is 2. The first kappa shape index (κ1) is 11.4. The number of carbonyl (C=O) groups is 1. The standard InChI is InChI=1S/C15H14O2/c1-11(9-15(16)17-2)13-8-7-12-5-3-4-6-14(12)10-13/h3-10H,1-2H3. The van der Waals surface area contributed by atoms with Crippen molar-refractivity contribution in [1.29, 1.82) is 0 Å². The molecule has 0 aliphatic heterocycles. The monoisotopic (exact) mass is 226 g/mol. The van der Waals surface area contributed by atoms with Gasteiger partial charge in [-0.1, -0.05) is 36.4 Å². The van der Waals surface area contributed by atoms with Gasteiger partial charge >= 0.3 is 5.97 Å². The summed E-state index contributed by atoms with van der Waals surface area (Å²) < 4.78 is 4.61. The Balaban J connectivity index is 2.43. The van der Waals surface area contributed by atoms with Crippen LogP contribution >= 0.6 is 0 Å². The molecule has 0 N–H and O–H groups in total. The fourth-order valence-corrected chi connectivity index (χ4v) is 1.75. The van der Waals surface area contributed by atoms with Crippen LogP contribution in [0.4, 0.5) is 0 Å². The molecule has 0 saturated carbocycles. The summed E-state index contributed by atoms with van der Waals surface area (Å²) in [6.07, 6.45) is 1.50. The Kier molecular flexibility index (Phi) is 3.24. The molecule has 2 heteroatoms. The van der Waals surface area contributed by atoms with Crippen molar-refractivity contribution in [3.8, 4) is 0 Å². The van der Waals surface area contributed by atoms with Crippen molar-refractivity contribution >= 4 is 22.3 Å². The smallest absolute Gasteiger partial charge is 0.330 e. The molecule has 2 aromatic carbocycles. The summed E-state index contributed by atoms with van der Waals surface area (Å²) in [4.78, 5) is 11.2. The molecule has 0 spiro atoms. The Bertz CT molecular complexity index is 582. The molecule has 0 fully saturated rings. The van der Waals surface area contributed by atoms with Gasteiger partial charge in [-0.2, -0.15) is 0 Å². The first-order chi connectivity index (χ1) is 8.20. The van der Waals surface area contributed by atoms with Crippen LogP contribution in [0.25, 0.3) is 16.3 Å². The molecule has 0 aliphatic rings. The van der Waals surface area contributed by atoms with Crippen molar-refractivity contribution in [3.05, 3.63) is 54.1 Å². The second-order valence-electron chi connectivity index (χ2n) is 3.91. The third kappa shape index (κ3) is 2.53. The van der Waals surface area contributed by atoms with E-state index >= 15 is 0 Å². The number of hydrogen-bond donors (Lipinski definition) is 0. The van der Waals surface area contributed by atoms with Crippen molar-refractivity contribution in [2.45, 2.75) is 6.92 Å². The fraction of sp³-hybridized carbons (Fsp3) is 0.133. The van der Waals surface area contributed by atoms with Gasteiger partial charge in [0, 0.05) is 6.08 Å². The van der Waals surface area contributed by atoms with Crippen LogP contribution in [0.2, 0.25) is 0 Å². The maximum atomic E-state index is 11.2. The first-order valence-electron chi connectivity index (χ1n) is 5.46. The molecular formula is C15H14O2. The van der Waals surface area contributed by atoms with E-state index in [1.54, 1.807) is 0 Å². The maximum Gasteiger partial charge on any atom is 0.330 e. The van der Waals surface area contributed by atoms with E-state index in [0.717, 1.165) is 11.1 Å². The van der Waals surface area contributed by atoms with Crippen LogP contribution in [0.15, 0.2) is 48.5 Å². The van der Waals surface area contributed by atoms with Gasteiger partial charge in [-0.15, -0.1) is 0 Å². The fourth-order valence-electron chi connectivity index (χ4n) is 1.75. The minimum absolute atomic E-state index is 0.323. The predicted molar refractivity (Wildman–Crippen MR) is 69.6 cm³/mol. The van der Waals surface area contributed by atoms with Crippen LogP contribution in [-0.2, 0) is 9.53 Å². The molecule has 86 valence electrons. The summed E-state index contributed by atoms with van der Waals surface area (Å²) in [5.41, 5.74) is 1.94. The number of hydrogen-bond acceptors (Lipinski definition) is 2. The lowest BCUT2D eigenvalue weighted by Gasteiger charge is -2.04. The van der Waals surface area contributed by atoms with E-state index in [4.69, 9.17) is 0 Å². The van der Waals surface area contributed by atoms with Crippen LogP contribution < -0.4 is 0 Å². The minimum Gasteiger partial charge on any atom is -0.466 e. The van der Waals surface area contributed by atoms with Crippen molar-refractivity contribution in [3.63, 3.8) is 0 Å². The summed E-state index contributed by atoms with van der Waals surface area (Å²) in [6, 6.07) is 14.3. The lowest BCUT2D eigenvalue weighted by atomic mass is 10.0. The number of fused-ring (bicyclic) bond motifs is 1. The zero-order chi connectivity index (χ0) is 12.3. The number of esters is 1. The lowest BCUT2D eigenvalue weighted by molar-refractivity contribution is -0.134.